The average Bonchev–Trinajstić information content (AvgIpc) is 2.13. The van der Waals surface area contributed by atoms with Crippen molar-refractivity contribution in [2.45, 2.75) is 44.6 Å². The molecule has 0 aliphatic heterocycles. The number of rotatable bonds is 1. The summed E-state index contributed by atoms with van der Waals surface area (Å²) in [4.78, 5) is 0. The quantitative estimate of drug-likeness (QED) is 0.340. The Morgan fingerprint density at radius 3 is 2.00 bits per heavy atom. The summed E-state index contributed by atoms with van der Waals surface area (Å²) >= 11 is 3.81. The van der Waals surface area contributed by atoms with Crippen molar-refractivity contribution in [2.75, 3.05) is 0 Å². The van der Waals surface area contributed by atoms with E-state index in [0.717, 1.165) is 0 Å². The van der Waals surface area contributed by atoms with Gasteiger partial charge in [0.05, 0.1) is 6.10 Å². The number of thiol groups is 1. The van der Waals surface area contributed by atoms with Crippen molar-refractivity contribution in [3.05, 3.63) is 0 Å². The topological polar surface area (TPSA) is 9.23 Å². The van der Waals surface area contributed by atoms with Gasteiger partial charge in [-0.3, -0.25) is 0 Å². The molecule has 0 bridgehead atoms. The normalized spacial score (nSPS) is 23.7. The molecule has 2 heteroatoms. The molecule has 9 heavy (non-hydrogen) atoms. The summed E-state index contributed by atoms with van der Waals surface area (Å²) in [5, 5.41) is 0. The van der Waals surface area contributed by atoms with E-state index in [0.29, 0.717) is 6.10 Å². The van der Waals surface area contributed by atoms with Crippen molar-refractivity contribution in [2.24, 2.45) is 0 Å². The maximum atomic E-state index is 4.97. The third kappa shape index (κ3) is 2.59. The molecule has 1 fully saturated rings. The summed E-state index contributed by atoms with van der Waals surface area (Å²) in [5.41, 5.74) is 0. The van der Waals surface area contributed by atoms with E-state index in [1.807, 2.05) is 0 Å². The largest absolute Gasteiger partial charge is 0.315 e. The zero-order valence-corrected chi connectivity index (χ0v) is 6.57. The molecule has 0 unspecified atom stereocenters. The molecule has 0 aromatic carbocycles. The van der Waals surface area contributed by atoms with Crippen molar-refractivity contribution in [1.29, 1.82) is 0 Å². The van der Waals surface area contributed by atoms with Crippen LogP contribution in [0.2, 0.25) is 0 Å². The summed E-state index contributed by atoms with van der Waals surface area (Å²) in [6, 6.07) is 0. The number of hydrogen-bond acceptors (Lipinski definition) is 2. The lowest BCUT2D eigenvalue weighted by molar-refractivity contribution is 0.225. The fourth-order valence-electron chi connectivity index (χ4n) is 1.35. The molecular formula is C7H14OS. The molecule has 0 N–H and O–H groups in total. The van der Waals surface area contributed by atoms with E-state index >= 15 is 0 Å². The Morgan fingerprint density at radius 1 is 1.00 bits per heavy atom. The van der Waals surface area contributed by atoms with Gasteiger partial charge >= 0.3 is 0 Å². The van der Waals surface area contributed by atoms with Gasteiger partial charge in [0, 0.05) is 0 Å². The second-order valence-corrected chi connectivity index (χ2v) is 2.93. The molecular weight excluding hydrogens is 132 g/mol. The zero-order chi connectivity index (χ0) is 6.53. The van der Waals surface area contributed by atoms with Crippen LogP contribution in [0, 0.1) is 0 Å². The van der Waals surface area contributed by atoms with E-state index in [4.69, 9.17) is 4.18 Å². The maximum Gasteiger partial charge on any atom is 0.0719 e. The Hall–Kier alpha value is 0.310. The molecule has 0 amide bonds. The van der Waals surface area contributed by atoms with Gasteiger partial charge in [-0.2, -0.15) is 0 Å². The molecule has 1 nitrogen and oxygen atoms in total. The van der Waals surface area contributed by atoms with E-state index in [1.165, 1.54) is 38.5 Å². The molecule has 1 rings (SSSR count). The van der Waals surface area contributed by atoms with Crippen LogP contribution in [-0.4, -0.2) is 6.10 Å². The van der Waals surface area contributed by atoms with Crippen LogP contribution < -0.4 is 0 Å². The third-order valence-corrected chi connectivity index (χ3v) is 2.25. The lowest BCUT2D eigenvalue weighted by atomic mass is 10.2. The van der Waals surface area contributed by atoms with Crippen LogP contribution in [0.25, 0.3) is 0 Å². The van der Waals surface area contributed by atoms with Crippen molar-refractivity contribution in [3.63, 3.8) is 0 Å². The first-order valence-corrected chi connectivity index (χ1v) is 4.10. The summed E-state index contributed by atoms with van der Waals surface area (Å²) in [6.45, 7) is 0. The molecule has 1 aliphatic rings. The monoisotopic (exact) mass is 146 g/mol. The zero-order valence-electron chi connectivity index (χ0n) is 5.68. The first-order chi connectivity index (χ1) is 4.43. The fourth-order valence-corrected chi connectivity index (χ4v) is 1.56. The average molecular weight is 146 g/mol. The highest BCUT2D eigenvalue weighted by Crippen LogP contribution is 2.20. The second kappa shape index (κ2) is 4.18. The van der Waals surface area contributed by atoms with Crippen molar-refractivity contribution in [3.8, 4) is 0 Å². The van der Waals surface area contributed by atoms with E-state index in [1.54, 1.807) is 0 Å². The minimum Gasteiger partial charge on any atom is -0.315 e. The molecule has 1 saturated carbocycles. The maximum absolute atomic E-state index is 4.97. The molecule has 0 aromatic rings. The van der Waals surface area contributed by atoms with Crippen LogP contribution >= 0.6 is 12.9 Å². The van der Waals surface area contributed by atoms with Gasteiger partial charge in [-0.05, 0) is 25.8 Å². The SMILES string of the molecule is SOC1CCCCCC1. The van der Waals surface area contributed by atoms with Crippen LogP contribution in [0.15, 0.2) is 0 Å². The van der Waals surface area contributed by atoms with E-state index in [2.05, 4.69) is 12.9 Å². The van der Waals surface area contributed by atoms with Crippen LogP contribution in [-0.2, 0) is 4.18 Å². The highest BCUT2D eigenvalue weighted by molar-refractivity contribution is 7.75. The lowest BCUT2D eigenvalue weighted by Gasteiger charge is -2.08. The Balaban J connectivity index is 2.18. The van der Waals surface area contributed by atoms with Gasteiger partial charge in [0.25, 0.3) is 0 Å². The fraction of sp³-hybridized carbons (Fsp3) is 1.00. The molecule has 0 aromatic heterocycles. The predicted octanol–water partition coefficient (Wildman–Crippen LogP) is 2.57. The van der Waals surface area contributed by atoms with Gasteiger partial charge in [0.1, 0.15) is 0 Å². The van der Waals surface area contributed by atoms with Gasteiger partial charge in [-0.15, -0.1) is 0 Å². The van der Waals surface area contributed by atoms with Crippen LogP contribution in [0.3, 0.4) is 0 Å². The van der Waals surface area contributed by atoms with E-state index in [-0.39, 0.29) is 0 Å². The van der Waals surface area contributed by atoms with Gasteiger partial charge in [-0.25, -0.2) is 0 Å². The minimum absolute atomic E-state index is 0.441. The smallest absolute Gasteiger partial charge is 0.0719 e. The van der Waals surface area contributed by atoms with Gasteiger partial charge < -0.3 is 4.18 Å². The second-order valence-electron chi connectivity index (χ2n) is 2.72. The van der Waals surface area contributed by atoms with Crippen LogP contribution in [0.5, 0.6) is 0 Å². The highest BCUT2D eigenvalue weighted by atomic mass is 32.1. The summed E-state index contributed by atoms with van der Waals surface area (Å²) in [6.07, 6.45) is 8.28. The molecule has 0 heterocycles. The minimum atomic E-state index is 0.441. The van der Waals surface area contributed by atoms with Gasteiger partial charge in [0.15, 0.2) is 0 Å². The first-order valence-electron chi connectivity index (χ1n) is 3.73. The van der Waals surface area contributed by atoms with Gasteiger partial charge in [0.2, 0.25) is 0 Å². The van der Waals surface area contributed by atoms with Gasteiger partial charge in [-0.1, -0.05) is 25.7 Å². The third-order valence-electron chi connectivity index (χ3n) is 1.95. The van der Waals surface area contributed by atoms with E-state index < -0.39 is 0 Å². The Labute approximate surface area is 62.4 Å². The van der Waals surface area contributed by atoms with Crippen LogP contribution in [0.1, 0.15) is 38.5 Å². The molecule has 54 valence electrons. The predicted molar refractivity (Wildman–Crippen MR) is 41.6 cm³/mol. The first kappa shape index (κ1) is 7.42. The highest BCUT2D eigenvalue weighted by Gasteiger charge is 2.10. The van der Waals surface area contributed by atoms with Crippen molar-refractivity contribution in [1.82, 2.24) is 0 Å². The Bertz CT molecular complexity index is 67.3. The molecule has 0 radical (unpaired) electrons. The Kier molecular flexibility index (Phi) is 3.44. The Morgan fingerprint density at radius 2 is 1.56 bits per heavy atom. The molecule has 0 spiro atoms. The summed E-state index contributed by atoms with van der Waals surface area (Å²) < 4.78 is 4.97. The summed E-state index contributed by atoms with van der Waals surface area (Å²) in [5.74, 6) is 0. The molecule has 0 atom stereocenters. The lowest BCUT2D eigenvalue weighted by Crippen LogP contribution is -2.04. The summed E-state index contributed by atoms with van der Waals surface area (Å²) in [7, 11) is 0. The standard InChI is InChI=1S/C7H14OS/c9-8-7-5-3-1-2-4-6-7/h7,9H,1-6H2. The molecule has 0 saturated heterocycles. The molecule has 1 aliphatic carbocycles. The van der Waals surface area contributed by atoms with Crippen molar-refractivity contribution < 1.29 is 4.18 Å². The van der Waals surface area contributed by atoms with Crippen LogP contribution in [0.4, 0.5) is 0 Å². The van der Waals surface area contributed by atoms with E-state index in [9.17, 15) is 0 Å². The number of hydrogen-bond donors (Lipinski definition) is 1. The van der Waals surface area contributed by atoms with Crippen molar-refractivity contribution >= 4 is 12.9 Å².